The molecule has 0 radical (unpaired) electrons. The lowest BCUT2D eigenvalue weighted by atomic mass is 9.97. The van der Waals surface area contributed by atoms with Crippen molar-refractivity contribution in [1.82, 2.24) is 10.1 Å². The smallest absolute Gasteiger partial charge is 0.232 e. The molecule has 0 fully saturated rings. The summed E-state index contributed by atoms with van der Waals surface area (Å²) in [4.78, 5) is 4.14. The summed E-state index contributed by atoms with van der Waals surface area (Å²) < 4.78 is 42.9. The van der Waals surface area contributed by atoms with Crippen LogP contribution in [0.1, 0.15) is 50.2 Å². The van der Waals surface area contributed by atoms with Gasteiger partial charge in [0.1, 0.15) is 11.6 Å². The summed E-state index contributed by atoms with van der Waals surface area (Å²) >= 11 is 0. The van der Waals surface area contributed by atoms with Crippen LogP contribution in [-0.4, -0.2) is 18.6 Å². The van der Waals surface area contributed by atoms with Crippen molar-refractivity contribution in [2.24, 2.45) is 0 Å². The van der Waals surface area contributed by atoms with Gasteiger partial charge in [-0.3, -0.25) is 0 Å². The highest BCUT2D eigenvalue weighted by molar-refractivity contribution is 7.90. The second-order valence-corrected chi connectivity index (χ2v) is 8.59. The van der Waals surface area contributed by atoms with Gasteiger partial charge in [-0.25, -0.2) is 12.8 Å². The molecule has 120 valence electrons. The third-order valence-electron chi connectivity index (χ3n) is 3.32. The van der Waals surface area contributed by atoms with E-state index in [1.165, 1.54) is 24.3 Å². The Hall–Kier alpha value is -1.76. The molecule has 0 unspecified atom stereocenters. The fourth-order valence-electron chi connectivity index (χ4n) is 1.86. The van der Waals surface area contributed by atoms with Crippen LogP contribution >= 0.6 is 0 Å². The number of hydrogen-bond acceptors (Lipinski definition) is 5. The first-order valence-electron chi connectivity index (χ1n) is 6.90. The molecular formula is C15H19FN2O3S. The van der Waals surface area contributed by atoms with Gasteiger partial charge < -0.3 is 4.52 Å². The number of rotatable bonds is 4. The summed E-state index contributed by atoms with van der Waals surface area (Å²) in [5.74, 6) is -0.183. The van der Waals surface area contributed by atoms with E-state index in [9.17, 15) is 12.8 Å². The number of sulfone groups is 1. The molecule has 0 amide bonds. The number of hydrogen-bond donors (Lipinski definition) is 0. The minimum atomic E-state index is -3.52. The minimum absolute atomic E-state index is 0.138. The van der Waals surface area contributed by atoms with Crippen molar-refractivity contribution in [2.45, 2.75) is 44.1 Å². The molecule has 0 saturated carbocycles. The van der Waals surface area contributed by atoms with E-state index in [1.807, 2.05) is 20.8 Å². The average molecular weight is 326 g/mol. The standard InChI is InChI=1S/C15H19FN2O3S/c1-10(11-5-7-12(16)8-6-11)22(19,20)9-13-17-14(21-18-13)15(2,3)4/h5-8,10H,9H2,1-4H3/t10-/m0/s1. The summed E-state index contributed by atoms with van der Waals surface area (Å²) in [5.41, 5.74) is 0.193. The second kappa shape index (κ2) is 5.79. The molecule has 0 N–H and O–H groups in total. The van der Waals surface area contributed by atoms with Crippen molar-refractivity contribution in [2.75, 3.05) is 0 Å². The fourth-order valence-corrected chi connectivity index (χ4v) is 3.16. The van der Waals surface area contributed by atoms with E-state index in [0.717, 1.165) is 0 Å². The average Bonchev–Trinajstić information content (AvgIpc) is 2.86. The Kier molecular flexibility index (Phi) is 4.37. The molecule has 1 heterocycles. The molecule has 2 rings (SSSR count). The van der Waals surface area contributed by atoms with Crippen molar-refractivity contribution in [3.63, 3.8) is 0 Å². The van der Waals surface area contributed by atoms with Gasteiger partial charge in [-0.1, -0.05) is 38.1 Å². The molecule has 0 bridgehead atoms. The lowest BCUT2D eigenvalue weighted by Gasteiger charge is -2.12. The van der Waals surface area contributed by atoms with E-state index in [2.05, 4.69) is 10.1 Å². The summed E-state index contributed by atoms with van der Waals surface area (Å²) in [5, 5.41) is 2.96. The van der Waals surface area contributed by atoms with Crippen LogP contribution in [0.15, 0.2) is 28.8 Å². The Morgan fingerprint density at radius 3 is 2.32 bits per heavy atom. The molecule has 7 heteroatoms. The van der Waals surface area contributed by atoms with Crippen LogP contribution in [-0.2, 0) is 21.0 Å². The predicted octanol–water partition coefficient (Wildman–Crippen LogP) is 3.18. The van der Waals surface area contributed by atoms with E-state index < -0.39 is 20.9 Å². The van der Waals surface area contributed by atoms with Gasteiger partial charge in [-0.2, -0.15) is 4.98 Å². The maximum atomic E-state index is 12.9. The van der Waals surface area contributed by atoms with Crippen LogP contribution in [0.3, 0.4) is 0 Å². The van der Waals surface area contributed by atoms with E-state index in [1.54, 1.807) is 6.92 Å². The second-order valence-electron chi connectivity index (χ2n) is 6.27. The maximum absolute atomic E-state index is 12.9. The van der Waals surface area contributed by atoms with E-state index in [4.69, 9.17) is 4.52 Å². The van der Waals surface area contributed by atoms with Crippen LogP contribution in [0.25, 0.3) is 0 Å². The first kappa shape index (κ1) is 16.6. The van der Waals surface area contributed by atoms with E-state index in [-0.39, 0.29) is 17.0 Å². The SMILES string of the molecule is C[C@@H](c1ccc(F)cc1)S(=O)(=O)Cc1noc(C(C)(C)C)n1. The van der Waals surface area contributed by atoms with Gasteiger partial charge in [0.25, 0.3) is 0 Å². The van der Waals surface area contributed by atoms with E-state index >= 15 is 0 Å². The number of halogens is 1. The first-order chi connectivity index (χ1) is 10.1. The maximum Gasteiger partial charge on any atom is 0.232 e. The highest BCUT2D eigenvalue weighted by Crippen LogP contribution is 2.26. The zero-order valence-corrected chi connectivity index (χ0v) is 13.8. The quantitative estimate of drug-likeness (QED) is 0.863. The lowest BCUT2D eigenvalue weighted by molar-refractivity contribution is 0.319. The van der Waals surface area contributed by atoms with Gasteiger partial charge in [-0.05, 0) is 24.6 Å². The van der Waals surface area contributed by atoms with Crippen LogP contribution < -0.4 is 0 Å². The molecule has 0 spiro atoms. The predicted molar refractivity (Wildman–Crippen MR) is 80.4 cm³/mol. The zero-order chi connectivity index (χ0) is 16.5. The number of benzene rings is 1. The normalized spacial score (nSPS) is 14.0. The van der Waals surface area contributed by atoms with Gasteiger partial charge in [0.05, 0.1) is 5.25 Å². The molecule has 0 saturated heterocycles. The number of aromatic nitrogens is 2. The van der Waals surface area contributed by atoms with Crippen molar-refractivity contribution in [1.29, 1.82) is 0 Å². The molecule has 5 nitrogen and oxygen atoms in total. The number of nitrogens with zero attached hydrogens (tertiary/aromatic N) is 2. The van der Waals surface area contributed by atoms with Gasteiger partial charge in [0, 0.05) is 5.41 Å². The Labute approximate surface area is 129 Å². The summed E-state index contributed by atoms with van der Waals surface area (Å²) in [6.45, 7) is 7.27. The molecule has 2 aromatic rings. The van der Waals surface area contributed by atoms with Crippen LogP contribution in [0.4, 0.5) is 4.39 Å². The molecule has 1 aromatic heterocycles. The topological polar surface area (TPSA) is 73.1 Å². The van der Waals surface area contributed by atoms with Gasteiger partial charge in [0.15, 0.2) is 15.7 Å². The highest BCUT2D eigenvalue weighted by atomic mass is 32.2. The third-order valence-corrected chi connectivity index (χ3v) is 5.33. The summed E-state index contributed by atoms with van der Waals surface area (Å²) in [7, 11) is -3.52. The van der Waals surface area contributed by atoms with Crippen LogP contribution in [0, 0.1) is 5.82 Å². The van der Waals surface area contributed by atoms with Crippen LogP contribution in [0.2, 0.25) is 0 Å². The van der Waals surface area contributed by atoms with Crippen molar-refractivity contribution < 1.29 is 17.3 Å². The van der Waals surface area contributed by atoms with Gasteiger partial charge in [0.2, 0.25) is 5.89 Å². The van der Waals surface area contributed by atoms with Crippen molar-refractivity contribution in [3.8, 4) is 0 Å². The fraction of sp³-hybridized carbons (Fsp3) is 0.467. The molecule has 1 aromatic carbocycles. The summed E-state index contributed by atoms with van der Waals surface area (Å²) in [6.07, 6.45) is 0. The van der Waals surface area contributed by atoms with Gasteiger partial charge >= 0.3 is 0 Å². The third kappa shape index (κ3) is 3.71. The highest BCUT2D eigenvalue weighted by Gasteiger charge is 2.27. The molecule has 0 aliphatic rings. The van der Waals surface area contributed by atoms with Crippen LogP contribution in [0.5, 0.6) is 0 Å². The molecule has 0 aliphatic heterocycles. The molecular weight excluding hydrogens is 307 g/mol. The Morgan fingerprint density at radius 2 is 1.82 bits per heavy atom. The Morgan fingerprint density at radius 1 is 1.23 bits per heavy atom. The largest absolute Gasteiger partial charge is 0.339 e. The lowest BCUT2D eigenvalue weighted by Crippen LogP contribution is -2.15. The zero-order valence-electron chi connectivity index (χ0n) is 13.0. The van der Waals surface area contributed by atoms with E-state index in [0.29, 0.717) is 11.5 Å². The van der Waals surface area contributed by atoms with Gasteiger partial charge in [-0.15, -0.1) is 0 Å². The monoisotopic (exact) mass is 326 g/mol. The Bertz CT molecular complexity index is 746. The molecule has 22 heavy (non-hydrogen) atoms. The van der Waals surface area contributed by atoms with Crippen molar-refractivity contribution in [3.05, 3.63) is 47.4 Å². The Balaban J connectivity index is 2.20. The molecule has 1 atom stereocenters. The summed E-state index contributed by atoms with van der Waals surface area (Å²) in [6, 6.07) is 5.42. The van der Waals surface area contributed by atoms with Crippen molar-refractivity contribution >= 4 is 9.84 Å². The first-order valence-corrected chi connectivity index (χ1v) is 8.61. The minimum Gasteiger partial charge on any atom is -0.339 e. The molecule has 0 aliphatic carbocycles.